The number of hydrogen-bond acceptors (Lipinski definition) is 8. The van der Waals surface area contributed by atoms with Crippen molar-refractivity contribution in [3.05, 3.63) is 70.8 Å². The standard InChI is InChI=1S/C27H31ClN8O3/c1-2-3-8-24-31-25(28)22(16-39-27(38)21(29)13-14-23(30)37)36(24)15-17-9-11-18(12-10-17)19-6-4-5-7-20(19)26-32-34-35-33-26/h4-7,9-12,21H,2-3,8,13-16,29H2,1H3,(H2,30,37)(H,32,33,34,35)/t21-/m0/s1. The smallest absolute Gasteiger partial charge is 0.323 e. The Labute approximate surface area is 230 Å². The van der Waals surface area contributed by atoms with Crippen LogP contribution in [0.2, 0.25) is 5.15 Å². The molecule has 12 heteroatoms. The maximum absolute atomic E-state index is 12.4. The summed E-state index contributed by atoms with van der Waals surface area (Å²) in [5.41, 5.74) is 15.5. The van der Waals surface area contributed by atoms with E-state index >= 15 is 0 Å². The van der Waals surface area contributed by atoms with Crippen molar-refractivity contribution in [2.24, 2.45) is 11.5 Å². The zero-order valence-electron chi connectivity index (χ0n) is 21.6. The van der Waals surface area contributed by atoms with Crippen LogP contribution in [-0.4, -0.2) is 48.1 Å². The van der Waals surface area contributed by atoms with E-state index < -0.39 is 17.9 Å². The highest BCUT2D eigenvalue weighted by Crippen LogP contribution is 2.30. The Bertz CT molecular complexity index is 1400. The first-order valence-electron chi connectivity index (χ1n) is 12.7. The monoisotopic (exact) mass is 550 g/mol. The normalized spacial score (nSPS) is 11.9. The summed E-state index contributed by atoms with van der Waals surface area (Å²) >= 11 is 6.50. The zero-order chi connectivity index (χ0) is 27.8. The number of aromatic amines is 1. The third kappa shape index (κ3) is 7.06. The second kappa shape index (κ2) is 13.1. The van der Waals surface area contributed by atoms with Gasteiger partial charge in [0.05, 0.1) is 5.69 Å². The topological polar surface area (TPSA) is 168 Å². The van der Waals surface area contributed by atoms with E-state index in [2.05, 4.69) is 32.5 Å². The first kappa shape index (κ1) is 27.9. The van der Waals surface area contributed by atoms with Crippen molar-refractivity contribution in [1.29, 1.82) is 0 Å². The number of aromatic nitrogens is 6. The number of nitrogens with zero attached hydrogens (tertiary/aromatic N) is 5. The van der Waals surface area contributed by atoms with Gasteiger partial charge in [-0.15, -0.1) is 10.2 Å². The number of nitrogens with one attached hydrogen (secondary N) is 1. The average molecular weight is 551 g/mol. The second-order valence-corrected chi connectivity index (χ2v) is 9.51. The van der Waals surface area contributed by atoms with Crippen LogP contribution in [0.5, 0.6) is 0 Å². The van der Waals surface area contributed by atoms with Crippen LogP contribution in [0.15, 0.2) is 48.5 Å². The molecular weight excluding hydrogens is 520 g/mol. The predicted octanol–water partition coefficient (Wildman–Crippen LogP) is 3.41. The van der Waals surface area contributed by atoms with Crippen LogP contribution in [0.4, 0.5) is 0 Å². The molecule has 4 aromatic rings. The quantitative estimate of drug-likeness (QED) is 0.213. The highest BCUT2D eigenvalue weighted by Gasteiger charge is 2.21. The Kier molecular flexibility index (Phi) is 9.40. The summed E-state index contributed by atoms with van der Waals surface area (Å²) in [6.07, 6.45) is 2.80. The summed E-state index contributed by atoms with van der Waals surface area (Å²) in [7, 11) is 0. The Hall–Kier alpha value is -4.09. The van der Waals surface area contributed by atoms with E-state index in [0.29, 0.717) is 18.1 Å². The van der Waals surface area contributed by atoms with Crippen LogP contribution in [0.25, 0.3) is 22.5 Å². The summed E-state index contributed by atoms with van der Waals surface area (Å²) < 4.78 is 7.43. The van der Waals surface area contributed by atoms with Crippen molar-refractivity contribution in [2.45, 2.75) is 58.2 Å². The first-order chi connectivity index (χ1) is 18.9. The van der Waals surface area contributed by atoms with Crippen LogP contribution in [0.3, 0.4) is 0 Å². The van der Waals surface area contributed by atoms with Crippen molar-refractivity contribution < 1.29 is 14.3 Å². The van der Waals surface area contributed by atoms with Crippen molar-refractivity contribution >= 4 is 23.5 Å². The SMILES string of the molecule is CCCCc1nc(Cl)c(COC(=O)[C@@H](N)CCC(N)=O)n1Cc1ccc(-c2ccccc2-c2nn[nH]n2)cc1. The Balaban J connectivity index is 1.54. The number of rotatable bonds is 13. The lowest BCUT2D eigenvalue weighted by Crippen LogP contribution is -2.33. The number of H-pyrrole nitrogens is 1. The average Bonchev–Trinajstić information content (AvgIpc) is 3.58. The molecule has 2 heterocycles. The summed E-state index contributed by atoms with van der Waals surface area (Å²) in [6.45, 7) is 2.51. The second-order valence-electron chi connectivity index (χ2n) is 9.15. The number of nitrogens with two attached hydrogens (primary N) is 2. The van der Waals surface area contributed by atoms with E-state index in [9.17, 15) is 9.59 Å². The van der Waals surface area contributed by atoms with E-state index in [0.717, 1.165) is 47.3 Å². The fourth-order valence-electron chi connectivity index (χ4n) is 4.20. The van der Waals surface area contributed by atoms with Gasteiger partial charge in [0.15, 0.2) is 5.15 Å². The van der Waals surface area contributed by atoms with Crippen molar-refractivity contribution in [3.8, 4) is 22.5 Å². The van der Waals surface area contributed by atoms with Gasteiger partial charge < -0.3 is 20.8 Å². The van der Waals surface area contributed by atoms with Gasteiger partial charge in [-0.25, -0.2) is 4.98 Å². The summed E-state index contributed by atoms with van der Waals surface area (Å²) in [4.78, 5) is 27.9. The molecule has 204 valence electrons. The van der Waals surface area contributed by atoms with Crippen molar-refractivity contribution in [2.75, 3.05) is 0 Å². The number of hydrogen-bond donors (Lipinski definition) is 3. The number of esters is 1. The lowest BCUT2D eigenvalue weighted by atomic mass is 9.98. The van der Waals surface area contributed by atoms with Gasteiger partial charge in [0.25, 0.3) is 0 Å². The summed E-state index contributed by atoms with van der Waals surface area (Å²) in [5, 5.41) is 14.7. The number of imidazole rings is 1. The fourth-order valence-corrected chi connectivity index (χ4v) is 4.45. The minimum atomic E-state index is -0.949. The van der Waals surface area contributed by atoms with E-state index in [1.54, 1.807) is 0 Å². The van der Waals surface area contributed by atoms with Crippen molar-refractivity contribution in [3.63, 3.8) is 0 Å². The van der Waals surface area contributed by atoms with E-state index in [1.807, 2.05) is 53.1 Å². The predicted molar refractivity (Wildman–Crippen MR) is 146 cm³/mol. The molecule has 1 atom stereocenters. The molecule has 39 heavy (non-hydrogen) atoms. The molecule has 11 nitrogen and oxygen atoms in total. The molecule has 2 aromatic carbocycles. The molecule has 5 N–H and O–H groups in total. The largest absolute Gasteiger partial charge is 0.458 e. The number of unbranched alkanes of at least 4 members (excludes halogenated alkanes) is 1. The Morgan fingerprint density at radius 3 is 2.54 bits per heavy atom. The number of ether oxygens (including phenoxy) is 1. The molecule has 0 aliphatic heterocycles. The third-order valence-electron chi connectivity index (χ3n) is 6.33. The molecular formula is C27H31ClN8O3. The van der Waals surface area contributed by atoms with E-state index in [1.165, 1.54) is 0 Å². The lowest BCUT2D eigenvalue weighted by Gasteiger charge is -2.15. The highest BCUT2D eigenvalue weighted by atomic mass is 35.5. The Morgan fingerprint density at radius 1 is 1.13 bits per heavy atom. The van der Waals surface area contributed by atoms with Crippen LogP contribution in [0, 0.1) is 0 Å². The molecule has 0 spiro atoms. The number of carbonyl (C=O) groups is 2. The molecule has 0 fully saturated rings. The number of aryl methyl sites for hydroxylation is 1. The molecule has 0 aliphatic carbocycles. The molecule has 1 amide bonds. The Morgan fingerprint density at radius 2 is 1.87 bits per heavy atom. The maximum atomic E-state index is 12.4. The van der Waals surface area contributed by atoms with E-state index in [4.69, 9.17) is 27.8 Å². The zero-order valence-corrected chi connectivity index (χ0v) is 22.4. The van der Waals surface area contributed by atoms with E-state index in [-0.39, 0.29) is 24.6 Å². The van der Waals surface area contributed by atoms with Gasteiger partial charge in [0, 0.05) is 24.9 Å². The van der Waals surface area contributed by atoms with Gasteiger partial charge in [0.2, 0.25) is 11.7 Å². The minimum absolute atomic E-state index is 0.00565. The molecule has 0 saturated carbocycles. The molecule has 0 radical (unpaired) electrons. The first-order valence-corrected chi connectivity index (χ1v) is 13.1. The summed E-state index contributed by atoms with van der Waals surface area (Å²) in [6, 6.07) is 15.1. The third-order valence-corrected chi connectivity index (χ3v) is 6.63. The van der Waals surface area contributed by atoms with Crippen molar-refractivity contribution in [1.82, 2.24) is 30.2 Å². The van der Waals surface area contributed by atoms with Gasteiger partial charge in [-0.2, -0.15) is 5.21 Å². The molecule has 4 rings (SSSR count). The molecule has 2 aromatic heterocycles. The van der Waals surface area contributed by atoms with Crippen LogP contribution in [0.1, 0.15) is 49.7 Å². The van der Waals surface area contributed by atoms with Crippen LogP contribution >= 0.6 is 11.6 Å². The van der Waals surface area contributed by atoms with Crippen LogP contribution in [-0.2, 0) is 33.9 Å². The molecule has 0 aliphatic rings. The summed E-state index contributed by atoms with van der Waals surface area (Å²) in [5.74, 6) is 0.193. The van der Waals surface area contributed by atoms with Gasteiger partial charge in [-0.05, 0) is 34.7 Å². The molecule has 0 bridgehead atoms. The highest BCUT2D eigenvalue weighted by molar-refractivity contribution is 6.30. The number of carbonyl (C=O) groups excluding carboxylic acids is 2. The number of tetrazole rings is 1. The number of benzene rings is 2. The number of primary amides is 1. The van der Waals surface area contributed by atoms with Gasteiger partial charge in [-0.1, -0.05) is 73.5 Å². The van der Waals surface area contributed by atoms with Gasteiger partial charge in [-0.3, -0.25) is 9.59 Å². The number of amides is 1. The maximum Gasteiger partial charge on any atom is 0.323 e. The minimum Gasteiger partial charge on any atom is -0.458 e. The van der Waals surface area contributed by atoms with Crippen LogP contribution < -0.4 is 11.5 Å². The fraction of sp³-hybridized carbons (Fsp3) is 0.333. The van der Waals surface area contributed by atoms with Gasteiger partial charge in [0.1, 0.15) is 18.5 Å². The number of halogens is 1. The molecule has 0 saturated heterocycles. The molecule has 0 unspecified atom stereocenters. The van der Waals surface area contributed by atoms with Gasteiger partial charge >= 0.3 is 5.97 Å². The lowest BCUT2D eigenvalue weighted by molar-refractivity contribution is -0.146.